The number of para-hydroxylation sites is 1. The predicted octanol–water partition coefficient (Wildman–Crippen LogP) is 4.91. The lowest BCUT2D eigenvalue weighted by atomic mass is 10.1. The van der Waals surface area contributed by atoms with Crippen LogP contribution < -0.4 is 5.73 Å². The SMILES string of the molecule is C[Si](C)(C)C#Cc1cc(-c2nc3c(F)cccc3s2)ccc1N. The number of nitrogens with two attached hydrogens (primary N) is 1. The normalized spacial score (nSPS) is 11.3. The maximum Gasteiger partial charge on any atom is 0.150 e. The fourth-order valence-corrected chi connectivity index (χ4v) is 3.58. The predicted molar refractivity (Wildman–Crippen MR) is 99.7 cm³/mol. The smallest absolute Gasteiger partial charge is 0.150 e. The number of rotatable bonds is 1. The van der Waals surface area contributed by atoms with Crippen LogP contribution in [0.15, 0.2) is 36.4 Å². The van der Waals surface area contributed by atoms with Crippen molar-refractivity contribution >= 4 is 35.3 Å². The Kier molecular flexibility index (Phi) is 3.96. The molecule has 0 amide bonds. The minimum absolute atomic E-state index is 0.292. The molecule has 116 valence electrons. The second kappa shape index (κ2) is 5.80. The number of nitrogens with zero attached hydrogens (tertiary/aromatic N) is 1. The van der Waals surface area contributed by atoms with Gasteiger partial charge in [0.15, 0.2) is 0 Å². The number of benzene rings is 2. The molecule has 2 nitrogen and oxygen atoms in total. The molecule has 0 radical (unpaired) electrons. The summed E-state index contributed by atoms with van der Waals surface area (Å²) >= 11 is 1.47. The standard InChI is InChI=1S/C18H17FN2SSi/c1-23(2,3)10-9-12-11-13(7-8-15(12)20)18-21-17-14(19)5-4-6-16(17)22-18/h4-8,11H,20H2,1-3H3. The van der Waals surface area contributed by atoms with Gasteiger partial charge >= 0.3 is 0 Å². The van der Waals surface area contributed by atoms with Crippen molar-refractivity contribution in [2.75, 3.05) is 5.73 Å². The third kappa shape index (κ3) is 3.44. The summed E-state index contributed by atoms with van der Waals surface area (Å²) in [6.07, 6.45) is 0. The van der Waals surface area contributed by atoms with E-state index in [2.05, 4.69) is 36.1 Å². The van der Waals surface area contributed by atoms with Crippen LogP contribution in [-0.4, -0.2) is 13.1 Å². The highest BCUT2D eigenvalue weighted by atomic mass is 32.1. The third-order valence-electron chi connectivity index (χ3n) is 3.24. The molecule has 1 aromatic heterocycles. The van der Waals surface area contributed by atoms with Crippen LogP contribution in [0, 0.1) is 17.3 Å². The van der Waals surface area contributed by atoms with Gasteiger partial charge in [-0.15, -0.1) is 16.9 Å². The Bertz CT molecular complexity index is 945. The molecule has 0 saturated heterocycles. The summed E-state index contributed by atoms with van der Waals surface area (Å²) in [4.78, 5) is 4.43. The average molecular weight is 340 g/mol. The van der Waals surface area contributed by atoms with Gasteiger partial charge in [0.05, 0.1) is 4.70 Å². The number of hydrogen-bond donors (Lipinski definition) is 1. The summed E-state index contributed by atoms with van der Waals surface area (Å²) in [7, 11) is -1.47. The molecule has 5 heteroatoms. The number of hydrogen-bond acceptors (Lipinski definition) is 3. The van der Waals surface area contributed by atoms with Gasteiger partial charge in [-0.3, -0.25) is 0 Å². The molecule has 2 N–H and O–H groups in total. The lowest BCUT2D eigenvalue weighted by molar-refractivity contribution is 0.637. The molecule has 0 aliphatic carbocycles. The van der Waals surface area contributed by atoms with Crippen LogP contribution in [0.3, 0.4) is 0 Å². The minimum Gasteiger partial charge on any atom is -0.398 e. The van der Waals surface area contributed by atoms with Crippen molar-refractivity contribution in [3.8, 4) is 22.0 Å². The first-order valence-corrected chi connectivity index (χ1v) is 11.6. The van der Waals surface area contributed by atoms with Crippen LogP contribution in [0.5, 0.6) is 0 Å². The maximum absolute atomic E-state index is 13.8. The monoisotopic (exact) mass is 340 g/mol. The number of thiazole rings is 1. The lowest BCUT2D eigenvalue weighted by Crippen LogP contribution is -2.16. The molecule has 3 rings (SSSR count). The van der Waals surface area contributed by atoms with Crippen LogP contribution in [0.1, 0.15) is 5.56 Å². The van der Waals surface area contributed by atoms with Crippen LogP contribution in [0.25, 0.3) is 20.8 Å². The van der Waals surface area contributed by atoms with Crippen LogP contribution in [0.4, 0.5) is 10.1 Å². The third-order valence-corrected chi connectivity index (χ3v) is 5.19. The van der Waals surface area contributed by atoms with E-state index in [9.17, 15) is 4.39 Å². The number of halogens is 1. The number of fused-ring (bicyclic) bond motifs is 1. The Balaban J connectivity index is 2.08. The van der Waals surface area contributed by atoms with E-state index >= 15 is 0 Å². The van der Waals surface area contributed by atoms with Crippen molar-refractivity contribution in [1.82, 2.24) is 4.98 Å². The van der Waals surface area contributed by atoms with E-state index in [0.717, 1.165) is 20.8 Å². The van der Waals surface area contributed by atoms with Crippen molar-refractivity contribution in [2.24, 2.45) is 0 Å². The van der Waals surface area contributed by atoms with Gasteiger partial charge in [0.1, 0.15) is 24.4 Å². The first-order chi connectivity index (χ1) is 10.8. The number of anilines is 1. The topological polar surface area (TPSA) is 38.9 Å². The highest BCUT2D eigenvalue weighted by Crippen LogP contribution is 2.32. The molecule has 0 fully saturated rings. The highest BCUT2D eigenvalue weighted by Gasteiger charge is 2.11. The Morgan fingerprint density at radius 3 is 2.65 bits per heavy atom. The molecular weight excluding hydrogens is 323 g/mol. The molecule has 23 heavy (non-hydrogen) atoms. The molecule has 0 aliphatic heterocycles. The van der Waals surface area contributed by atoms with Crippen LogP contribution in [0.2, 0.25) is 19.6 Å². The second-order valence-corrected chi connectivity index (χ2v) is 12.2. The van der Waals surface area contributed by atoms with Gasteiger partial charge < -0.3 is 5.73 Å². The van der Waals surface area contributed by atoms with E-state index < -0.39 is 8.07 Å². The Labute approximate surface area is 140 Å². The quantitative estimate of drug-likeness (QED) is 0.388. The Morgan fingerprint density at radius 2 is 1.96 bits per heavy atom. The van der Waals surface area contributed by atoms with E-state index in [0.29, 0.717) is 11.2 Å². The van der Waals surface area contributed by atoms with Crippen molar-refractivity contribution < 1.29 is 4.39 Å². The molecule has 0 saturated carbocycles. The Morgan fingerprint density at radius 1 is 1.17 bits per heavy atom. The summed E-state index contributed by atoms with van der Waals surface area (Å²) < 4.78 is 14.7. The number of aromatic nitrogens is 1. The fourth-order valence-electron chi connectivity index (χ4n) is 2.09. The summed E-state index contributed by atoms with van der Waals surface area (Å²) in [5.41, 5.74) is 12.2. The van der Waals surface area contributed by atoms with E-state index in [-0.39, 0.29) is 5.82 Å². The summed E-state index contributed by atoms with van der Waals surface area (Å²) in [5, 5.41) is 0.779. The first-order valence-electron chi connectivity index (χ1n) is 7.32. The molecule has 3 aromatic rings. The van der Waals surface area contributed by atoms with Gasteiger partial charge in [0.2, 0.25) is 0 Å². The lowest BCUT2D eigenvalue weighted by Gasteiger charge is -2.05. The van der Waals surface area contributed by atoms with Crippen molar-refractivity contribution in [3.05, 3.63) is 47.8 Å². The summed E-state index contributed by atoms with van der Waals surface area (Å²) in [5.74, 6) is 2.91. The van der Waals surface area contributed by atoms with E-state index in [1.807, 2.05) is 24.3 Å². The van der Waals surface area contributed by atoms with Gasteiger partial charge in [-0.25, -0.2) is 9.37 Å². The first kappa shape index (κ1) is 15.7. The van der Waals surface area contributed by atoms with Gasteiger partial charge in [-0.2, -0.15) is 0 Å². The van der Waals surface area contributed by atoms with Crippen LogP contribution >= 0.6 is 11.3 Å². The van der Waals surface area contributed by atoms with E-state index in [4.69, 9.17) is 5.73 Å². The van der Waals surface area contributed by atoms with Crippen molar-refractivity contribution in [1.29, 1.82) is 0 Å². The molecule has 0 spiro atoms. The fraction of sp³-hybridized carbons (Fsp3) is 0.167. The maximum atomic E-state index is 13.8. The van der Waals surface area contributed by atoms with E-state index in [1.54, 1.807) is 6.07 Å². The van der Waals surface area contributed by atoms with Crippen molar-refractivity contribution in [3.63, 3.8) is 0 Å². The zero-order valence-electron chi connectivity index (χ0n) is 13.3. The zero-order chi connectivity index (χ0) is 16.6. The molecule has 0 aliphatic rings. The van der Waals surface area contributed by atoms with Gasteiger partial charge in [-0.05, 0) is 30.3 Å². The second-order valence-electron chi connectivity index (χ2n) is 6.41. The molecule has 2 aromatic carbocycles. The molecule has 0 bridgehead atoms. The summed E-state index contributed by atoms with van der Waals surface area (Å²) in [6.45, 7) is 6.57. The largest absolute Gasteiger partial charge is 0.398 e. The van der Waals surface area contributed by atoms with Crippen molar-refractivity contribution in [2.45, 2.75) is 19.6 Å². The Hall–Kier alpha value is -2.16. The number of nitrogen functional groups attached to an aromatic ring is 1. The van der Waals surface area contributed by atoms with Gasteiger partial charge in [0, 0.05) is 16.8 Å². The van der Waals surface area contributed by atoms with Crippen LogP contribution in [-0.2, 0) is 0 Å². The average Bonchev–Trinajstić information content (AvgIpc) is 2.91. The summed E-state index contributed by atoms with van der Waals surface area (Å²) in [6, 6.07) is 10.7. The molecule has 0 unspecified atom stereocenters. The highest BCUT2D eigenvalue weighted by molar-refractivity contribution is 7.21. The minimum atomic E-state index is -1.47. The molecular formula is C18H17FN2SSi. The molecule has 0 atom stereocenters. The van der Waals surface area contributed by atoms with E-state index in [1.165, 1.54) is 17.4 Å². The van der Waals surface area contributed by atoms with Gasteiger partial charge in [-0.1, -0.05) is 31.6 Å². The molecule has 1 heterocycles. The zero-order valence-corrected chi connectivity index (χ0v) is 15.1. The van der Waals surface area contributed by atoms with Gasteiger partial charge in [0.25, 0.3) is 0 Å².